The van der Waals surface area contributed by atoms with Gasteiger partial charge >= 0.3 is 0 Å². The molecule has 1 fully saturated rings. The Kier molecular flexibility index (Phi) is 4.62. The van der Waals surface area contributed by atoms with E-state index in [1.54, 1.807) is 0 Å². The lowest BCUT2D eigenvalue weighted by atomic mass is 10.2. The topological polar surface area (TPSA) is 58.1 Å². The molecule has 4 heteroatoms. The van der Waals surface area contributed by atoms with E-state index in [4.69, 9.17) is 9.84 Å². The van der Waals surface area contributed by atoms with Crippen molar-refractivity contribution in [2.75, 3.05) is 13.2 Å². The molecule has 0 spiro atoms. The molecule has 0 aromatic carbocycles. The predicted molar refractivity (Wildman–Crippen MR) is 54.1 cm³/mol. The first-order valence-corrected chi connectivity index (χ1v) is 4.92. The SMILES string of the molecule is Cc1cn[nH]c1C.OC1CCOCC1. The summed E-state index contributed by atoms with van der Waals surface area (Å²) in [6, 6.07) is 0. The van der Waals surface area contributed by atoms with Gasteiger partial charge in [0.2, 0.25) is 0 Å². The van der Waals surface area contributed by atoms with E-state index in [1.165, 1.54) is 5.56 Å². The van der Waals surface area contributed by atoms with Gasteiger partial charge in [0.15, 0.2) is 0 Å². The van der Waals surface area contributed by atoms with Gasteiger partial charge in [-0.15, -0.1) is 0 Å². The van der Waals surface area contributed by atoms with E-state index >= 15 is 0 Å². The van der Waals surface area contributed by atoms with Crippen LogP contribution in [0.15, 0.2) is 6.20 Å². The number of rotatable bonds is 0. The van der Waals surface area contributed by atoms with Gasteiger partial charge in [-0.25, -0.2) is 0 Å². The van der Waals surface area contributed by atoms with Crippen LogP contribution >= 0.6 is 0 Å². The summed E-state index contributed by atoms with van der Waals surface area (Å²) in [6.07, 6.45) is 3.36. The Morgan fingerprint density at radius 3 is 2.29 bits per heavy atom. The predicted octanol–water partition coefficient (Wildman–Crippen LogP) is 1.18. The maximum atomic E-state index is 8.83. The summed E-state index contributed by atoms with van der Waals surface area (Å²) >= 11 is 0. The molecule has 1 aliphatic heterocycles. The van der Waals surface area contributed by atoms with Gasteiger partial charge in [-0.3, -0.25) is 5.10 Å². The third kappa shape index (κ3) is 3.89. The lowest BCUT2D eigenvalue weighted by Crippen LogP contribution is -2.19. The zero-order valence-electron chi connectivity index (χ0n) is 8.79. The maximum Gasteiger partial charge on any atom is 0.0584 e. The number of aryl methyl sites for hydroxylation is 2. The molecule has 0 unspecified atom stereocenters. The van der Waals surface area contributed by atoms with Gasteiger partial charge in [0, 0.05) is 18.9 Å². The van der Waals surface area contributed by atoms with E-state index in [0.29, 0.717) is 0 Å². The quantitative estimate of drug-likeness (QED) is 0.658. The van der Waals surface area contributed by atoms with E-state index in [2.05, 4.69) is 10.2 Å². The molecular formula is C10H18N2O2. The van der Waals surface area contributed by atoms with Crippen molar-refractivity contribution in [2.45, 2.75) is 32.8 Å². The molecule has 1 aliphatic rings. The molecule has 0 aliphatic carbocycles. The lowest BCUT2D eigenvalue weighted by Gasteiger charge is -2.15. The van der Waals surface area contributed by atoms with Crippen LogP contribution in [0.2, 0.25) is 0 Å². The van der Waals surface area contributed by atoms with Gasteiger partial charge < -0.3 is 9.84 Å². The Hall–Kier alpha value is -0.870. The fourth-order valence-electron chi connectivity index (χ4n) is 1.10. The van der Waals surface area contributed by atoms with Crippen LogP contribution in [0.1, 0.15) is 24.1 Å². The number of hydrogen-bond donors (Lipinski definition) is 2. The molecule has 1 aromatic rings. The molecule has 0 saturated carbocycles. The second kappa shape index (κ2) is 5.78. The van der Waals surface area contributed by atoms with Crippen LogP contribution in [0.4, 0.5) is 0 Å². The fourth-order valence-corrected chi connectivity index (χ4v) is 1.10. The smallest absolute Gasteiger partial charge is 0.0584 e. The number of aliphatic hydroxyl groups excluding tert-OH is 1. The average Bonchev–Trinajstić information content (AvgIpc) is 2.53. The number of aliphatic hydroxyl groups is 1. The Balaban J connectivity index is 0.000000140. The van der Waals surface area contributed by atoms with Crippen LogP contribution < -0.4 is 0 Å². The van der Waals surface area contributed by atoms with Crippen molar-refractivity contribution in [2.24, 2.45) is 0 Å². The van der Waals surface area contributed by atoms with Crippen molar-refractivity contribution in [1.82, 2.24) is 10.2 Å². The minimum atomic E-state index is -0.0891. The van der Waals surface area contributed by atoms with Crippen LogP contribution in [0, 0.1) is 13.8 Å². The van der Waals surface area contributed by atoms with Crippen molar-refractivity contribution >= 4 is 0 Å². The summed E-state index contributed by atoms with van der Waals surface area (Å²) in [6.45, 7) is 5.50. The lowest BCUT2D eigenvalue weighted by molar-refractivity contribution is 0.0140. The highest BCUT2D eigenvalue weighted by Gasteiger charge is 2.07. The Labute approximate surface area is 84.3 Å². The van der Waals surface area contributed by atoms with Gasteiger partial charge in [0.1, 0.15) is 0 Å². The first-order chi connectivity index (χ1) is 6.70. The minimum absolute atomic E-state index is 0.0891. The van der Waals surface area contributed by atoms with E-state index < -0.39 is 0 Å². The molecule has 0 bridgehead atoms. The third-order valence-corrected chi connectivity index (χ3v) is 2.27. The first-order valence-electron chi connectivity index (χ1n) is 4.92. The van der Waals surface area contributed by atoms with Gasteiger partial charge in [0.05, 0.1) is 12.3 Å². The molecule has 4 nitrogen and oxygen atoms in total. The normalized spacial score (nSPS) is 17.4. The highest BCUT2D eigenvalue weighted by Crippen LogP contribution is 2.04. The van der Waals surface area contributed by atoms with Crippen LogP contribution in [0.25, 0.3) is 0 Å². The number of H-pyrrole nitrogens is 1. The number of aromatic nitrogens is 2. The third-order valence-electron chi connectivity index (χ3n) is 2.27. The molecule has 1 saturated heterocycles. The molecule has 0 amide bonds. The molecule has 2 rings (SSSR count). The Morgan fingerprint density at radius 1 is 1.43 bits per heavy atom. The average molecular weight is 198 g/mol. The second-order valence-electron chi connectivity index (χ2n) is 3.52. The molecular weight excluding hydrogens is 180 g/mol. The van der Waals surface area contributed by atoms with Crippen LogP contribution in [-0.4, -0.2) is 34.6 Å². The molecule has 80 valence electrons. The maximum absolute atomic E-state index is 8.83. The molecule has 2 N–H and O–H groups in total. The highest BCUT2D eigenvalue weighted by molar-refractivity contribution is 5.10. The summed E-state index contributed by atoms with van der Waals surface area (Å²) in [5.74, 6) is 0. The van der Waals surface area contributed by atoms with E-state index in [0.717, 1.165) is 31.7 Å². The summed E-state index contributed by atoms with van der Waals surface area (Å²) in [5.41, 5.74) is 2.38. The standard InChI is InChI=1S/C5H8N2.C5H10O2/c1-4-3-6-7-5(4)2;6-5-1-3-7-4-2-5/h3H,1-2H3,(H,6,7);5-6H,1-4H2. The van der Waals surface area contributed by atoms with Crippen LogP contribution in [0.3, 0.4) is 0 Å². The minimum Gasteiger partial charge on any atom is -0.393 e. The number of nitrogens with one attached hydrogen (secondary N) is 1. The second-order valence-corrected chi connectivity index (χ2v) is 3.52. The monoisotopic (exact) mass is 198 g/mol. The molecule has 0 atom stereocenters. The van der Waals surface area contributed by atoms with Gasteiger partial charge in [-0.05, 0) is 32.3 Å². The summed E-state index contributed by atoms with van der Waals surface area (Å²) in [5, 5.41) is 15.4. The number of aromatic amines is 1. The fraction of sp³-hybridized carbons (Fsp3) is 0.700. The van der Waals surface area contributed by atoms with Crippen LogP contribution in [0.5, 0.6) is 0 Å². The van der Waals surface area contributed by atoms with Crippen molar-refractivity contribution in [3.63, 3.8) is 0 Å². The van der Waals surface area contributed by atoms with E-state index in [-0.39, 0.29) is 6.10 Å². The summed E-state index contributed by atoms with van der Waals surface area (Å²) < 4.78 is 4.98. The Bertz CT molecular complexity index is 238. The zero-order chi connectivity index (χ0) is 10.4. The van der Waals surface area contributed by atoms with E-state index in [1.807, 2.05) is 20.0 Å². The van der Waals surface area contributed by atoms with Crippen molar-refractivity contribution in [3.8, 4) is 0 Å². The zero-order valence-corrected chi connectivity index (χ0v) is 8.79. The number of nitrogens with zero attached hydrogens (tertiary/aromatic N) is 1. The molecule has 0 radical (unpaired) electrons. The van der Waals surface area contributed by atoms with Crippen molar-refractivity contribution in [3.05, 3.63) is 17.5 Å². The Morgan fingerprint density at radius 2 is 2.07 bits per heavy atom. The van der Waals surface area contributed by atoms with Gasteiger partial charge in [-0.1, -0.05) is 0 Å². The van der Waals surface area contributed by atoms with Crippen molar-refractivity contribution < 1.29 is 9.84 Å². The van der Waals surface area contributed by atoms with Crippen LogP contribution in [-0.2, 0) is 4.74 Å². The van der Waals surface area contributed by atoms with Gasteiger partial charge in [0.25, 0.3) is 0 Å². The largest absolute Gasteiger partial charge is 0.393 e. The highest BCUT2D eigenvalue weighted by atomic mass is 16.5. The molecule has 1 aromatic heterocycles. The van der Waals surface area contributed by atoms with E-state index in [9.17, 15) is 0 Å². The molecule has 14 heavy (non-hydrogen) atoms. The van der Waals surface area contributed by atoms with Gasteiger partial charge in [-0.2, -0.15) is 5.10 Å². The summed E-state index contributed by atoms with van der Waals surface area (Å²) in [4.78, 5) is 0. The number of hydrogen-bond acceptors (Lipinski definition) is 3. The number of ether oxygens (including phenoxy) is 1. The summed E-state index contributed by atoms with van der Waals surface area (Å²) in [7, 11) is 0. The first kappa shape index (κ1) is 11.2. The van der Waals surface area contributed by atoms with Crippen molar-refractivity contribution in [1.29, 1.82) is 0 Å². The molecule has 2 heterocycles.